The van der Waals surface area contributed by atoms with Gasteiger partial charge in [-0.25, -0.2) is 4.79 Å². The predicted molar refractivity (Wildman–Crippen MR) is 72.5 cm³/mol. The van der Waals surface area contributed by atoms with Gasteiger partial charge in [-0.15, -0.1) is 5.10 Å². The summed E-state index contributed by atoms with van der Waals surface area (Å²) in [5, 5.41) is 13.1. The third-order valence-corrected chi connectivity index (χ3v) is 2.45. The van der Waals surface area contributed by atoms with Crippen molar-refractivity contribution < 1.29 is 4.79 Å². The van der Waals surface area contributed by atoms with E-state index in [-0.39, 0.29) is 6.03 Å². The number of benzene rings is 1. The number of anilines is 1. The number of hydrogen-bond acceptors (Lipinski definition) is 4. The van der Waals surface area contributed by atoms with Crippen LogP contribution in [-0.2, 0) is 0 Å². The Morgan fingerprint density at radius 3 is 2.67 bits per heavy atom. The molecule has 0 saturated carbocycles. The van der Waals surface area contributed by atoms with Crippen LogP contribution in [0.25, 0.3) is 11.3 Å². The highest BCUT2D eigenvalue weighted by Gasteiger charge is 2.03. The summed E-state index contributed by atoms with van der Waals surface area (Å²) in [6.07, 6.45) is 1.70. The zero-order valence-corrected chi connectivity index (χ0v) is 10.7. The maximum Gasteiger partial charge on any atom is 0.319 e. The van der Waals surface area contributed by atoms with Gasteiger partial charge in [-0.2, -0.15) is 4.09 Å². The molecule has 0 fully saturated rings. The Balaban J connectivity index is 2.08. The normalized spacial score (nSPS) is 10.1. The van der Waals surface area contributed by atoms with Gasteiger partial charge in [-0.3, -0.25) is 0 Å². The van der Waals surface area contributed by atoms with E-state index in [4.69, 9.17) is 0 Å². The molecule has 1 aromatic heterocycles. The van der Waals surface area contributed by atoms with Gasteiger partial charge in [0, 0.05) is 17.8 Å². The molecule has 0 aliphatic rings. The summed E-state index contributed by atoms with van der Waals surface area (Å²) in [6.45, 7) is 2.46. The van der Waals surface area contributed by atoms with Crippen molar-refractivity contribution in [2.75, 3.05) is 11.9 Å². The van der Waals surface area contributed by atoms with E-state index in [2.05, 4.69) is 33.8 Å². The van der Waals surface area contributed by atoms with E-state index in [9.17, 15) is 4.79 Å². The molecule has 0 saturated heterocycles. The number of hydrogen-bond donors (Lipinski definition) is 3. The Bertz CT molecular complexity index is 537. The van der Waals surface area contributed by atoms with Crippen molar-refractivity contribution in [2.24, 2.45) is 0 Å². The molecular formula is C11H13N5OS. The summed E-state index contributed by atoms with van der Waals surface area (Å²) >= 11 is 4.02. The second-order valence-electron chi connectivity index (χ2n) is 3.59. The van der Waals surface area contributed by atoms with Crippen LogP contribution in [0.4, 0.5) is 10.5 Å². The molecule has 1 aromatic carbocycles. The highest BCUT2D eigenvalue weighted by molar-refractivity contribution is 7.78. The van der Waals surface area contributed by atoms with Crippen molar-refractivity contribution in [1.82, 2.24) is 19.7 Å². The average Bonchev–Trinajstić information content (AvgIpc) is 2.77. The Morgan fingerprint density at radius 2 is 2.11 bits per heavy atom. The Labute approximate surface area is 110 Å². The first-order chi connectivity index (χ1) is 8.69. The lowest BCUT2D eigenvalue weighted by molar-refractivity contribution is 0.252. The van der Waals surface area contributed by atoms with E-state index in [0.29, 0.717) is 6.54 Å². The molecule has 0 unspecified atom stereocenters. The number of aromatic nitrogens is 3. The molecule has 2 rings (SSSR count). The summed E-state index contributed by atoms with van der Waals surface area (Å²) in [4.78, 5) is 11.3. The molecule has 94 valence electrons. The highest BCUT2D eigenvalue weighted by atomic mass is 32.1. The average molecular weight is 263 g/mol. The Hall–Kier alpha value is -2.02. The minimum absolute atomic E-state index is 0.216. The molecule has 2 amide bonds. The number of nitrogens with one attached hydrogen (secondary N) is 2. The van der Waals surface area contributed by atoms with Crippen LogP contribution in [0.15, 0.2) is 30.5 Å². The maximum atomic E-state index is 11.3. The van der Waals surface area contributed by atoms with Gasteiger partial charge in [0.15, 0.2) is 0 Å². The lowest BCUT2D eigenvalue weighted by Crippen LogP contribution is -2.28. The number of amides is 2. The number of urea groups is 1. The largest absolute Gasteiger partial charge is 0.338 e. The first-order valence-electron chi connectivity index (χ1n) is 5.46. The summed E-state index contributed by atoms with van der Waals surface area (Å²) in [5.74, 6) is 0. The van der Waals surface area contributed by atoms with Gasteiger partial charge < -0.3 is 10.6 Å². The molecule has 2 N–H and O–H groups in total. The quantitative estimate of drug-likeness (QED) is 0.739. The van der Waals surface area contributed by atoms with Crippen molar-refractivity contribution >= 4 is 24.5 Å². The zero-order valence-electron chi connectivity index (χ0n) is 9.79. The van der Waals surface area contributed by atoms with Crippen LogP contribution in [0.3, 0.4) is 0 Å². The van der Waals surface area contributed by atoms with Gasteiger partial charge in [0.05, 0.1) is 6.20 Å². The van der Waals surface area contributed by atoms with E-state index in [1.165, 1.54) is 4.09 Å². The van der Waals surface area contributed by atoms with Crippen molar-refractivity contribution in [3.8, 4) is 11.3 Å². The fourth-order valence-electron chi connectivity index (χ4n) is 1.45. The van der Waals surface area contributed by atoms with Crippen LogP contribution in [0.5, 0.6) is 0 Å². The molecule has 18 heavy (non-hydrogen) atoms. The van der Waals surface area contributed by atoms with E-state index < -0.39 is 0 Å². The van der Waals surface area contributed by atoms with Gasteiger partial charge in [-0.1, -0.05) is 17.3 Å². The first kappa shape index (κ1) is 12.4. The smallest absolute Gasteiger partial charge is 0.319 e. The number of carbonyl (C=O) groups is 1. The third-order valence-electron chi connectivity index (χ3n) is 2.26. The van der Waals surface area contributed by atoms with Gasteiger partial charge >= 0.3 is 6.03 Å². The summed E-state index contributed by atoms with van der Waals surface area (Å²) < 4.78 is 1.34. The topological polar surface area (TPSA) is 71.8 Å². The molecule has 7 heteroatoms. The van der Waals surface area contributed by atoms with Crippen molar-refractivity contribution in [3.63, 3.8) is 0 Å². The van der Waals surface area contributed by atoms with Crippen LogP contribution in [0, 0.1) is 0 Å². The summed E-state index contributed by atoms with van der Waals surface area (Å²) in [7, 11) is 0. The zero-order chi connectivity index (χ0) is 13.0. The molecule has 0 spiro atoms. The minimum Gasteiger partial charge on any atom is -0.338 e. The van der Waals surface area contributed by atoms with Crippen LogP contribution in [0.1, 0.15) is 6.92 Å². The minimum atomic E-state index is -0.216. The van der Waals surface area contributed by atoms with Crippen molar-refractivity contribution in [2.45, 2.75) is 6.92 Å². The summed E-state index contributed by atoms with van der Waals surface area (Å²) in [6, 6.07) is 7.12. The Kier molecular flexibility index (Phi) is 3.83. The van der Waals surface area contributed by atoms with Crippen molar-refractivity contribution in [3.05, 3.63) is 30.5 Å². The van der Waals surface area contributed by atoms with Gasteiger partial charge in [-0.05, 0) is 31.9 Å². The monoisotopic (exact) mass is 263 g/mol. The first-order valence-corrected chi connectivity index (χ1v) is 5.86. The Morgan fingerprint density at radius 1 is 1.39 bits per heavy atom. The fraction of sp³-hybridized carbons (Fsp3) is 0.182. The standard InChI is InChI=1S/C11H13N5OS/c1-2-12-11(17)13-9-5-3-8(4-6-9)10-7-16(18)15-14-10/h3-7,18H,2H2,1H3,(H2,12,13,17). The number of nitrogens with zero attached hydrogens (tertiary/aromatic N) is 3. The second kappa shape index (κ2) is 5.54. The lowest BCUT2D eigenvalue weighted by Gasteiger charge is -2.05. The van der Waals surface area contributed by atoms with Crippen LogP contribution in [-0.4, -0.2) is 27.0 Å². The second-order valence-corrected chi connectivity index (χ2v) is 4.00. The third kappa shape index (κ3) is 3.01. The molecule has 6 nitrogen and oxygen atoms in total. The summed E-state index contributed by atoms with van der Waals surface area (Å²) in [5.41, 5.74) is 2.37. The fourth-order valence-corrected chi connectivity index (χ4v) is 1.60. The molecule has 0 bridgehead atoms. The van der Waals surface area contributed by atoms with E-state index in [0.717, 1.165) is 16.9 Å². The molecular weight excluding hydrogens is 250 g/mol. The van der Waals surface area contributed by atoms with Gasteiger partial charge in [0.25, 0.3) is 0 Å². The van der Waals surface area contributed by atoms with Gasteiger partial charge in [0.1, 0.15) is 5.69 Å². The molecule has 0 aliphatic carbocycles. The van der Waals surface area contributed by atoms with E-state index in [1.807, 2.05) is 31.2 Å². The predicted octanol–water partition coefficient (Wildman–Crippen LogP) is 1.78. The number of thiol groups is 1. The number of rotatable bonds is 3. The van der Waals surface area contributed by atoms with Gasteiger partial charge in [0.2, 0.25) is 0 Å². The van der Waals surface area contributed by atoms with E-state index in [1.54, 1.807) is 6.20 Å². The number of carbonyl (C=O) groups excluding carboxylic acids is 1. The SMILES string of the molecule is CCNC(=O)Nc1ccc(-c2cn(S)nn2)cc1. The molecule has 0 radical (unpaired) electrons. The van der Waals surface area contributed by atoms with E-state index >= 15 is 0 Å². The van der Waals surface area contributed by atoms with Crippen LogP contribution in [0.2, 0.25) is 0 Å². The van der Waals surface area contributed by atoms with Crippen LogP contribution < -0.4 is 10.6 Å². The molecule has 0 aliphatic heterocycles. The highest BCUT2D eigenvalue weighted by Crippen LogP contribution is 2.18. The molecule has 0 atom stereocenters. The molecule has 2 aromatic rings. The van der Waals surface area contributed by atoms with Crippen LogP contribution >= 0.6 is 12.8 Å². The maximum absolute atomic E-state index is 11.3. The molecule has 1 heterocycles. The van der Waals surface area contributed by atoms with Crippen molar-refractivity contribution in [1.29, 1.82) is 0 Å². The lowest BCUT2D eigenvalue weighted by atomic mass is 10.1.